The molecule has 1 aliphatic heterocycles. The molecule has 0 bridgehead atoms. The second-order valence-electron chi connectivity index (χ2n) is 3.95. The molecule has 5 heteroatoms. The molecule has 1 saturated heterocycles. The molecule has 1 amide bonds. The molecule has 0 atom stereocenters. The first-order valence-electron chi connectivity index (χ1n) is 5.54. The van der Waals surface area contributed by atoms with Crippen molar-refractivity contribution < 1.29 is 18.4 Å². The van der Waals surface area contributed by atoms with Gasteiger partial charge in [0.15, 0.2) is 0 Å². The van der Waals surface area contributed by atoms with Crippen LogP contribution in [0.3, 0.4) is 0 Å². The molecule has 92 valence electrons. The van der Waals surface area contributed by atoms with Crippen molar-refractivity contribution in [1.82, 2.24) is 5.06 Å². The second-order valence-corrected chi connectivity index (χ2v) is 3.95. The standard InChI is InChI=1S/C12H13F2NO2/c13-10-4-3-9(11(14)8-10)7-12(16)15-5-1-2-6-17-15/h3-4,8H,1-2,5-7H2. The lowest BCUT2D eigenvalue weighted by atomic mass is 10.1. The normalized spacial score (nSPS) is 16.0. The third kappa shape index (κ3) is 3.00. The van der Waals surface area contributed by atoms with Crippen molar-refractivity contribution in [2.45, 2.75) is 19.3 Å². The van der Waals surface area contributed by atoms with Gasteiger partial charge >= 0.3 is 0 Å². The highest BCUT2D eigenvalue weighted by Gasteiger charge is 2.19. The lowest BCUT2D eigenvalue weighted by Gasteiger charge is -2.25. The highest BCUT2D eigenvalue weighted by molar-refractivity contribution is 5.77. The van der Waals surface area contributed by atoms with E-state index in [-0.39, 0.29) is 17.9 Å². The molecule has 3 nitrogen and oxygen atoms in total. The van der Waals surface area contributed by atoms with E-state index in [0.717, 1.165) is 25.0 Å². The Labute approximate surface area is 97.9 Å². The smallest absolute Gasteiger partial charge is 0.250 e. The largest absolute Gasteiger partial charge is 0.272 e. The monoisotopic (exact) mass is 241 g/mol. The number of carbonyl (C=O) groups is 1. The molecule has 0 saturated carbocycles. The van der Waals surface area contributed by atoms with Gasteiger partial charge in [0.05, 0.1) is 13.0 Å². The zero-order chi connectivity index (χ0) is 12.3. The molecule has 0 radical (unpaired) electrons. The second kappa shape index (κ2) is 5.23. The average Bonchev–Trinajstić information content (AvgIpc) is 2.34. The van der Waals surface area contributed by atoms with Gasteiger partial charge in [-0.2, -0.15) is 0 Å². The highest BCUT2D eigenvalue weighted by Crippen LogP contribution is 2.13. The average molecular weight is 241 g/mol. The fraction of sp³-hybridized carbons (Fsp3) is 0.417. The lowest BCUT2D eigenvalue weighted by molar-refractivity contribution is -0.196. The van der Waals surface area contributed by atoms with Gasteiger partial charge < -0.3 is 0 Å². The predicted octanol–water partition coefficient (Wildman–Crippen LogP) is 2.06. The van der Waals surface area contributed by atoms with E-state index in [2.05, 4.69) is 0 Å². The maximum absolute atomic E-state index is 13.3. The summed E-state index contributed by atoms with van der Waals surface area (Å²) in [5.74, 6) is -1.64. The Balaban J connectivity index is 2.02. The zero-order valence-corrected chi connectivity index (χ0v) is 9.29. The number of hydrogen-bond acceptors (Lipinski definition) is 2. The van der Waals surface area contributed by atoms with E-state index in [1.807, 2.05) is 0 Å². The van der Waals surface area contributed by atoms with Crippen molar-refractivity contribution in [1.29, 1.82) is 0 Å². The quantitative estimate of drug-likeness (QED) is 0.793. The van der Waals surface area contributed by atoms with Gasteiger partial charge in [0.1, 0.15) is 11.6 Å². The molecule has 1 aliphatic rings. The lowest BCUT2D eigenvalue weighted by Crippen LogP contribution is -2.36. The molecule has 1 aromatic carbocycles. The van der Waals surface area contributed by atoms with Gasteiger partial charge in [-0.05, 0) is 24.5 Å². The van der Waals surface area contributed by atoms with Crippen molar-refractivity contribution in [3.8, 4) is 0 Å². The molecule has 1 fully saturated rings. The molecule has 0 spiro atoms. The number of nitrogens with zero attached hydrogens (tertiary/aromatic N) is 1. The van der Waals surface area contributed by atoms with Crippen molar-refractivity contribution in [2.75, 3.05) is 13.2 Å². The predicted molar refractivity (Wildman–Crippen MR) is 57.0 cm³/mol. The maximum Gasteiger partial charge on any atom is 0.250 e. The van der Waals surface area contributed by atoms with E-state index in [0.29, 0.717) is 13.2 Å². The summed E-state index contributed by atoms with van der Waals surface area (Å²) >= 11 is 0. The van der Waals surface area contributed by atoms with E-state index in [9.17, 15) is 13.6 Å². The zero-order valence-electron chi connectivity index (χ0n) is 9.29. The van der Waals surface area contributed by atoms with Crippen LogP contribution < -0.4 is 0 Å². The van der Waals surface area contributed by atoms with Gasteiger partial charge in [0, 0.05) is 12.6 Å². The van der Waals surface area contributed by atoms with Crippen molar-refractivity contribution >= 4 is 5.91 Å². The Morgan fingerprint density at radius 1 is 1.35 bits per heavy atom. The molecule has 1 heterocycles. The molecular weight excluding hydrogens is 228 g/mol. The van der Waals surface area contributed by atoms with Crippen LogP contribution in [-0.2, 0) is 16.1 Å². The van der Waals surface area contributed by atoms with E-state index in [4.69, 9.17) is 4.84 Å². The Morgan fingerprint density at radius 2 is 2.18 bits per heavy atom. The molecule has 0 aliphatic carbocycles. The first-order valence-corrected chi connectivity index (χ1v) is 5.54. The SMILES string of the molecule is O=C(Cc1ccc(F)cc1F)N1CCCCO1. The Hall–Kier alpha value is -1.49. The van der Waals surface area contributed by atoms with Crippen molar-refractivity contribution in [2.24, 2.45) is 0 Å². The summed E-state index contributed by atoms with van der Waals surface area (Å²) in [4.78, 5) is 16.9. The topological polar surface area (TPSA) is 29.5 Å². The third-order valence-corrected chi connectivity index (χ3v) is 2.64. The number of halogens is 2. The summed E-state index contributed by atoms with van der Waals surface area (Å²) in [6.07, 6.45) is 1.71. The fourth-order valence-electron chi connectivity index (χ4n) is 1.71. The Bertz CT molecular complexity index is 417. The van der Waals surface area contributed by atoms with Crippen molar-refractivity contribution in [3.05, 3.63) is 35.4 Å². The van der Waals surface area contributed by atoms with E-state index >= 15 is 0 Å². The first kappa shape index (κ1) is 12.0. The Morgan fingerprint density at radius 3 is 2.82 bits per heavy atom. The summed E-state index contributed by atoms with van der Waals surface area (Å²) in [6.45, 7) is 1.04. The minimum absolute atomic E-state index is 0.105. The van der Waals surface area contributed by atoms with Crippen LogP contribution in [0, 0.1) is 11.6 Å². The molecule has 17 heavy (non-hydrogen) atoms. The van der Waals surface area contributed by atoms with Crippen LogP contribution in [-0.4, -0.2) is 24.1 Å². The van der Waals surface area contributed by atoms with E-state index in [1.54, 1.807) is 0 Å². The summed E-state index contributed by atoms with van der Waals surface area (Å²) < 4.78 is 26.0. The number of amides is 1. The minimum atomic E-state index is -0.699. The van der Waals surface area contributed by atoms with Crippen LogP contribution in [0.15, 0.2) is 18.2 Å². The molecule has 1 aromatic rings. The van der Waals surface area contributed by atoms with Crippen LogP contribution in [0.1, 0.15) is 18.4 Å². The summed E-state index contributed by atoms with van der Waals surface area (Å²) in [5.41, 5.74) is 0.186. The van der Waals surface area contributed by atoms with Crippen LogP contribution in [0.25, 0.3) is 0 Å². The van der Waals surface area contributed by atoms with Crippen LogP contribution in [0.2, 0.25) is 0 Å². The van der Waals surface area contributed by atoms with Crippen molar-refractivity contribution in [3.63, 3.8) is 0 Å². The summed E-state index contributed by atoms with van der Waals surface area (Å²) in [5, 5.41) is 1.26. The van der Waals surface area contributed by atoms with Gasteiger partial charge in [0.25, 0.3) is 5.91 Å². The molecule has 0 unspecified atom stereocenters. The Kier molecular flexibility index (Phi) is 3.68. The molecule has 0 aromatic heterocycles. The highest BCUT2D eigenvalue weighted by atomic mass is 19.1. The first-order chi connectivity index (χ1) is 8.16. The van der Waals surface area contributed by atoms with Gasteiger partial charge in [0.2, 0.25) is 0 Å². The number of carbonyl (C=O) groups excluding carboxylic acids is 1. The van der Waals surface area contributed by atoms with E-state index < -0.39 is 11.6 Å². The maximum atomic E-state index is 13.3. The minimum Gasteiger partial charge on any atom is -0.272 e. The van der Waals surface area contributed by atoms with Gasteiger partial charge in [-0.3, -0.25) is 9.63 Å². The summed E-state index contributed by atoms with van der Waals surface area (Å²) in [6, 6.07) is 3.20. The molecule has 2 rings (SSSR count). The fourth-order valence-corrected chi connectivity index (χ4v) is 1.71. The molecular formula is C12H13F2NO2. The third-order valence-electron chi connectivity index (χ3n) is 2.64. The number of hydrogen-bond donors (Lipinski definition) is 0. The number of rotatable bonds is 2. The van der Waals surface area contributed by atoms with Gasteiger partial charge in [-0.15, -0.1) is 0 Å². The van der Waals surface area contributed by atoms with Crippen LogP contribution in [0.4, 0.5) is 8.78 Å². The van der Waals surface area contributed by atoms with E-state index in [1.165, 1.54) is 11.1 Å². The van der Waals surface area contributed by atoms with Gasteiger partial charge in [-0.25, -0.2) is 13.8 Å². The summed E-state index contributed by atoms with van der Waals surface area (Å²) in [7, 11) is 0. The van der Waals surface area contributed by atoms with Gasteiger partial charge in [-0.1, -0.05) is 6.07 Å². The van der Waals surface area contributed by atoms with Crippen LogP contribution >= 0.6 is 0 Å². The number of hydroxylamine groups is 2. The van der Waals surface area contributed by atoms with Crippen LogP contribution in [0.5, 0.6) is 0 Å². The number of benzene rings is 1. The molecule has 0 N–H and O–H groups in total.